The number of nitrogens with one attached hydrogen (secondary N) is 2. The highest BCUT2D eigenvalue weighted by Crippen LogP contribution is 2.30. The fraction of sp³-hybridized carbons (Fsp3) is 0.478. The van der Waals surface area contributed by atoms with Crippen molar-refractivity contribution in [2.45, 2.75) is 20.4 Å². The zero-order chi connectivity index (χ0) is 21.7. The van der Waals surface area contributed by atoms with E-state index in [4.69, 9.17) is 14.2 Å². The maximum absolute atomic E-state index is 5.88. The molecule has 1 aliphatic rings. The van der Waals surface area contributed by atoms with E-state index in [2.05, 4.69) is 32.4 Å². The quantitative estimate of drug-likeness (QED) is 0.265. The van der Waals surface area contributed by atoms with E-state index in [1.165, 1.54) is 0 Å². The van der Waals surface area contributed by atoms with Gasteiger partial charge < -0.3 is 24.8 Å². The van der Waals surface area contributed by atoms with Gasteiger partial charge in [-0.1, -0.05) is 18.2 Å². The van der Waals surface area contributed by atoms with Crippen LogP contribution in [0.3, 0.4) is 0 Å². The Balaban J connectivity index is 0.00000363. The van der Waals surface area contributed by atoms with Crippen LogP contribution in [-0.2, 0) is 11.3 Å². The Morgan fingerprint density at radius 2 is 1.88 bits per heavy atom. The zero-order valence-electron chi connectivity index (χ0n) is 18.9. The Kier molecular flexibility index (Phi) is 12.1. The van der Waals surface area contributed by atoms with Crippen LogP contribution in [0.5, 0.6) is 17.4 Å². The molecular weight excluding hydrogens is 521 g/mol. The van der Waals surface area contributed by atoms with Gasteiger partial charge in [-0.2, -0.15) is 0 Å². The first-order valence-electron chi connectivity index (χ1n) is 11.0. The van der Waals surface area contributed by atoms with Gasteiger partial charge in [-0.05, 0) is 31.5 Å². The fourth-order valence-electron chi connectivity index (χ4n) is 3.16. The van der Waals surface area contributed by atoms with Crippen molar-refractivity contribution in [1.82, 2.24) is 20.5 Å². The Morgan fingerprint density at radius 3 is 2.56 bits per heavy atom. The number of nitrogens with zero attached hydrogens (tertiary/aromatic N) is 3. The Morgan fingerprint density at radius 1 is 1.09 bits per heavy atom. The van der Waals surface area contributed by atoms with Crippen molar-refractivity contribution in [1.29, 1.82) is 0 Å². The van der Waals surface area contributed by atoms with Gasteiger partial charge in [0, 0.05) is 45.0 Å². The fourth-order valence-corrected chi connectivity index (χ4v) is 3.16. The first kappa shape index (κ1) is 26.1. The molecule has 1 fully saturated rings. The topological polar surface area (TPSA) is 80.2 Å². The summed E-state index contributed by atoms with van der Waals surface area (Å²) in [5, 5.41) is 6.69. The van der Waals surface area contributed by atoms with Crippen molar-refractivity contribution in [3.8, 4) is 17.4 Å². The second-order valence-corrected chi connectivity index (χ2v) is 7.06. The third-order valence-corrected chi connectivity index (χ3v) is 4.75. The molecule has 1 saturated heterocycles. The summed E-state index contributed by atoms with van der Waals surface area (Å²) in [7, 11) is 0. The lowest BCUT2D eigenvalue weighted by Crippen LogP contribution is -2.44. The van der Waals surface area contributed by atoms with E-state index in [1.807, 2.05) is 43.3 Å². The van der Waals surface area contributed by atoms with Crippen LogP contribution in [0.4, 0.5) is 0 Å². The van der Waals surface area contributed by atoms with Crippen molar-refractivity contribution >= 4 is 29.9 Å². The number of aliphatic imine (C=N–C) groups is 1. The molecule has 9 heteroatoms. The average Bonchev–Trinajstić information content (AvgIpc) is 2.80. The second-order valence-electron chi connectivity index (χ2n) is 7.06. The Bertz CT molecular complexity index is 814. The van der Waals surface area contributed by atoms with Crippen LogP contribution < -0.4 is 20.1 Å². The van der Waals surface area contributed by atoms with Crippen molar-refractivity contribution in [2.24, 2.45) is 4.99 Å². The van der Waals surface area contributed by atoms with Crippen LogP contribution in [-0.4, -0.2) is 68.4 Å². The first-order valence-corrected chi connectivity index (χ1v) is 11.0. The van der Waals surface area contributed by atoms with Gasteiger partial charge in [0.25, 0.3) is 0 Å². The summed E-state index contributed by atoms with van der Waals surface area (Å²) in [6.07, 6.45) is 1.79. The lowest BCUT2D eigenvalue weighted by Gasteiger charge is -2.26. The highest BCUT2D eigenvalue weighted by molar-refractivity contribution is 14.0. The maximum atomic E-state index is 5.88. The first-order chi connectivity index (χ1) is 15.3. The predicted octanol–water partition coefficient (Wildman–Crippen LogP) is 3.28. The third-order valence-electron chi connectivity index (χ3n) is 4.75. The van der Waals surface area contributed by atoms with E-state index in [0.717, 1.165) is 57.5 Å². The number of guanidine groups is 1. The van der Waals surface area contributed by atoms with Crippen molar-refractivity contribution in [3.05, 3.63) is 48.2 Å². The monoisotopic (exact) mass is 555 g/mol. The number of morpholine rings is 1. The molecule has 2 heterocycles. The molecule has 0 bridgehead atoms. The molecule has 1 aromatic carbocycles. The SMILES string of the molecule is CCNC(=NCc1ccc(Oc2ccccc2OCC)nc1)NCCN1CCOCC1.I. The zero-order valence-corrected chi connectivity index (χ0v) is 21.2. The highest BCUT2D eigenvalue weighted by Gasteiger charge is 2.10. The normalized spacial score (nSPS) is 14.4. The van der Waals surface area contributed by atoms with Gasteiger partial charge in [0.05, 0.1) is 26.4 Å². The Labute approximate surface area is 207 Å². The van der Waals surface area contributed by atoms with Gasteiger partial charge >= 0.3 is 0 Å². The molecule has 0 radical (unpaired) electrons. The van der Waals surface area contributed by atoms with E-state index < -0.39 is 0 Å². The van der Waals surface area contributed by atoms with Gasteiger partial charge in [-0.15, -0.1) is 24.0 Å². The van der Waals surface area contributed by atoms with Gasteiger partial charge in [-0.25, -0.2) is 9.98 Å². The summed E-state index contributed by atoms with van der Waals surface area (Å²) in [4.78, 5) is 11.5. The number of hydrogen-bond donors (Lipinski definition) is 2. The summed E-state index contributed by atoms with van der Waals surface area (Å²) < 4.78 is 16.9. The second kappa shape index (κ2) is 14.9. The van der Waals surface area contributed by atoms with E-state index in [1.54, 1.807) is 6.20 Å². The van der Waals surface area contributed by atoms with Crippen LogP contribution in [0.1, 0.15) is 19.4 Å². The van der Waals surface area contributed by atoms with Crippen molar-refractivity contribution in [2.75, 3.05) is 52.5 Å². The molecule has 3 rings (SSSR count). The van der Waals surface area contributed by atoms with Crippen LogP contribution >= 0.6 is 24.0 Å². The van der Waals surface area contributed by atoms with E-state index in [9.17, 15) is 0 Å². The molecule has 176 valence electrons. The van der Waals surface area contributed by atoms with E-state index >= 15 is 0 Å². The molecular formula is C23H34IN5O3. The summed E-state index contributed by atoms with van der Waals surface area (Å²) in [5.41, 5.74) is 1.01. The summed E-state index contributed by atoms with van der Waals surface area (Å²) in [6.45, 7) is 11.4. The third kappa shape index (κ3) is 8.79. The smallest absolute Gasteiger partial charge is 0.219 e. The van der Waals surface area contributed by atoms with Gasteiger partial charge in [0.1, 0.15) is 0 Å². The van der Waals surface area contributed by atoms with Crippen LogP contribution in [0, 0.1) is 0 Å². The standard InChI is InChI=1S/C23H33N5O3.HI/c1-3-24-23(25-11-12-28-13-15-29-16-14-28)27-18-19-9-10-22(26-17-19)31-21-8-6-5-7-20(21)30-4-2;/h5-10,17H,3-4,11-16,18H2,1-2H3,(H2,24,25,27);1H. The number of ether oxygens (including phenoxy) is 3. The number of para-hydroxylation sites is 2. The number of halogens is 1. The van der Waals surface area contributed by atoms with Crippen LogP contribution in [0.25, 0.3) is 0 Å². The molecule has 1 aliphatic heterocycles. The van der Waals surface area contributed by atoms with Crippen LogP contribution in [0.2, 0.25) is 0 Å². The molecule has 0 saturated carbocycles. The number of hydrogen-bond acceptors (Lipinski definition) is 6. The molecule has 32 heavy (non-hydrogen) atoms. The maximum Gasteiger partial charge on any atom is 0.219 e. The van der Waals surface area contributed by atoms with Gasteiger partial charge in [0.15, 0.2) is 17.5 Å². The van der Waals surface area contributed by atoms with E-state index in [0.29, 0.717) is 30.5 Å². The number of aromatic nitrogens is 1. The molecule has 1 aromatic heterocycles. The number of pyridine rings is 1. The van der Waals surface area contributed by atoms with Crippen molar-refractivity contribution in [3.63, 3.8) is 0 Å². The van der Waals surface area contributed by atoms with E-state index in [-0.39, 0.29) is 24.0 Å². The largest absolute Gasteiger partial charge is 0.490 e. The van der Waals surface area contributed by atoms with Gasteiger partial charge in [0.2, 0.25) is 5.88 Å². The highest BCUT2D eigenvalue weighted by atomic mass is 127. The summed E-state index contributed by atoms with van der Waals surface area (Å²) in [6, 6.07) is 11.4. The van der Waals surface area contributed by atoms with Crippen LogP contribution in [0.15, 0.2) is 47.6 Å². The molecule has 0 aliphatic carbocycles. The average molecular weight is 555 g/mol. The molecule has 2 aromatic rings. The molecule has 0 unspecified atom stereocenters. The molecule has 8 nitrogen and oxygen atoms in total. The van der Waals surface area contributed by atoms with Crippen molar-refractivity contribution < 1.29 is 14.2 Å². The van der Waals surface area contributed by atoms with Gasteiger partial charge in [-0.3, -0.25) is 4.90 Å². The lowest BCUT2D eigenvalue weighted by molar-refractivity contribution is 0.0389. The minimum absolute atomic E-state index is 0. The number of benzene rings is 1. The number of rotatable bonds is 10. The predicted molar refractivity (Wildman–Crippen MR) is 137 cm³/mol. The minimum atomic E-state index is 0. The molecule has 2 N–H and O–H groups in total. The molecule has 0 atom stereocenters. The Hall–Kier alpha value is -2.11. The molecule has 0 spiro atoms. The summed E-state index contributed by atoms with van der Waals surface area (Å²) >= 11 is 0. The minimum Gasteiger partial charge on any atom is -0.490 e. The lowest BCUT2D eigenvalue weighted by atomic mass is 10.3. The molecule has 0 amide bonds. The summed E-state index contributed by atoms with van der Waals surface area (Å²) in [5.74, 6) is 2.69.